The van der Waals surface area contributed by atoms with Crippen molar-refractivity contribution in [3.05, 3.63) is 74.8 Å². The number of aromatic carboxylic acids is 1. The van der Waals surface area contributed by atoms with Gasteiger partial charge in [0, 0.05) is 9.80 Å². The first-order valence-corrected chi connectivity index (χ1v) is 9.05. The van der Waals surface area contributed by atoms with Crippen LogP contribution in [0.25, 0.3) is 0 Å². The van der Waals surface area contributed by atoms with E-state index >= 15 is 0 Å². The van der Waals surface area contributed by atoms with Crippen molar-refractivity contribution in [2.24, 2.45) is 0 Å². The van der Waals surface area contributed by atoms with Crippen LogP contribution in [0.3, 0.4) is 0 Å². The molecule has 1 N–H and O–H groups in total. The molecule has 2 rings (SSSR count). The molecular formula is C18H17IO2S. The van der Waals surface area contributed by atoms with Gasteiger partial charge in [-0.25, -0.2) is 4.79 Å². The zero-order chi connectivity index (χ0) is 15.9. The van der Waals surface area contributed by atoms with Gasteiger partial charge in [-0.15, -0.1) is 0 Å². The van der Waals surface area contributed by atoms with Gasteiger partial charge in [-0.1, -0.05) is 59.2 Å². The average Bonchev–Trinajstić information content (AvgIpc) is 2.51. The molecule has 4 heteroatoms. The molecule has 1 aliphatic carbocycles. The minimum atomic E-state index is -0.894. The van der Waals surface area contributed by atoms with Crippen LogP contribution in [0.5, 0.6) is 0 Å². The third kappa shape index (κ3) is 4.36. The third-order valence-electron chi connectivity index (χ3n) is 3.38. The highest BCUT2D eigenvalue weighted by Crippen LogP contribution is 2.41. The van der Waals surface area contributed by atoms with Gasteiger partial charge < -0.3 is 5.11 Å². The lowest BCUT2D eigenvalue weighted by Crippen LogP contribution is -2.00. The minimum Gasteiger partial charge on any atom is -0.478 e. The monoisotopic (exact) mass is 424 g/mol. The predicted octanol–water partition coefficient (Wildman–Crippen LogP) is 5.98. The number of carbonyl (C=O) groups is 1. The van der Waals surface area contributed by atoms with Crippen LogP contribution in [0, 0.1) is 0 Å². The topological polar surface area (TPSA) is 37.3 Å². The van der Waals surface area contributed by atoms with Gasteiger partial charge in [0.2, 0.25) is 0 Å². The molecule has 1 aromatic carbocycles. The van der Waals surface area contributed by atoms with E-state index in [4.69, 9.17) is 5.11 Å². The van der Waals surface area contributed by atoms with Gasteiger partial charge in [0.1, 0.15) is 0 Å². The summed E-state index contributed by atoms with van der Waals surface area (Å²) >= 11 is 3.94. The Labute approximate surface area is 148 Å². The molecule has 0 spiro atoms. The summed E-state index contributed by atoms with van der Waals surface area (Å²) < 4.78 is 2.04. The van der Waals surface area contributed by atoms with Crippen LogP contribution < -0.4 is 0 Å². The molecule has 1 aromatic rings. The molecule has 0 unspecified atom stereocenters. The Bertz CT molecular complexity index is 654. The van der Waals surface area contributed by atoms with Crippen molar-refractivity contribution in [1.82, 2.24) is 0 Å². The maximum absolute atomic E-state index is 10.9. The first-order chi connectivity index (χ1) is 10.7. The molecule has 0 fully saturated rings. The van der Waals surface area contributed by atoms with Crippen molar-refractivity contribution in [2.75, 3.05) is 0 Å². The Morgan fingerprint density at radius 3 is 2.59 bits per heavy atom. The van der Waals surface area contributed by atoms with E-state index in [0.717, 1.165) is 24.2 Å². The van der Waals surface area contributed by atoms with Gasteiger partial charge in [0.25, 0.3) is 0 Å². The molecular weight excluding hydrogens is 407 g/mol. The lowest BCUT2D eigenvalue weighted by Gasteiger charge is -2.21. The van der Waals surface area contributed by atoms with E-state index in [1.807, 2.05) is 22.3 Å². The molecule has 22 heavy (non-hydrogen) atoms. The second-order valence-corrected chi connectivity index (χ2v) is 6.66. The van der Waals surface area contributed by atoms with Crippen molar-refractivity contribution in [1.29, 1.82) is 0 Å². The maximum atomic E-state index is 10.9. The summed E-state index contributed by atoms with van der Waals surface area (Å²) in [6.07, 6.45) is 9.35. The first kappa shape index (κ1) is 17.1. The highest BCUT2D eigenvalue weighted by molar-refractivity contribution is 14.1. The summed E-state index contributed by atoms with van der Waals surface area (Å²) in [5, 5.41) is 8.97. The molecule has 2 nitrogen and oxygen atoms in total. The number of hydrogen-bond acceptors (Lipinski definition) is 2. The van der Waals surface area contributed by atoms with Crippen molar-refractivity contribution < 1.29 is 9.90 Å². The Morgan fingerprint density at radius 2 is 2.00 bits per heavy atom. The van der Waals surface area contributed by atoms with Gasteiger partial charge >= 0.3 is 5.97 Å². The van der Waals surface area contributed by atoms with Crippen LogP contribution in [0.1, 0.15) is 29.6 Å². The number of carboxylic acid groups (broad SMARTS) is 1. The third-order valence-corrected chi connectivity index (χ3v) is 4.98. The standard InChI is InChI=1S/C18H17IO2S/c1-2-4-13-5-3-6-14(11-12-19)17(13)22-16-9-7-15(8-10-16)18(20)21/h2,4,7-12H,1,3,5-6H2,(H,20,21)/b12-11+,13-4?. The number of halogens is 1. The van der Waals surface area contributed by atoms with E-state index in [1.54, 1.807) is 23.9 Å². The summed E-state index contributed by atoms with van der Waals surface area (Å²) in [7, 11) is 0. The predicted molar refractivity (Wildman–Crippen MR) is 102 cm³/mol. The molecule has 0 aromatic heterocycles. The van der Waals surface area contributed by atoms with Gasteiger partial charge in [0.15, 0.2) is 0 Å². The first-order valence-electron chi connectivity index (χ1n) is 6.98. The minimum absolute atomic E-state index is 0.316. The fourth-order valence-electron chi connectivity index (χ4n) is 2.35. The molecule has 0 radical (unpaired) electrons. The summed E-state index contributed by atoms with van der Waals surface area (Å²) in [6.45, 7) is 3.81. The summed E-state index contributed by atoms with van der Waals surface area (Å²) in [5.41, 5.74) is 2.95. The molecule has 0 bridgehead atoms. The normalized spacial score (nSPS) is 17.2. The summed E-state index contributed by atoms with van der Waals surface area (Å²) in [4.78, 5) is 13.2. The van der Waals surface area contributed by atoms with Crippen molar-refractivity contribution in [3.8, 4) is 0 Å². The van der Waals surface area contributed by atoms with Gasteiger partial charge in [-0.3, -0.25) is 0 Å². The van der Waals surface area contributed by atoms with Crippen molar-refractivity contribution in [2.45, 2.75) is 24.2 Å². The number of allylic oxidation sites excluding steroid dienone is 5. The number of carboxylic acids is 1. The van der Waals surface area contributed by atoms with Crippen LogP contribution in [-0.4, -0.2) is 11.1 Å². The van der Waals surface area contributed by atoms with E-state index in [-0.39, 0.29) is 0 Å². The molecule has 0 atom stereocenters. The van der Waals surface area contributed by atoms with Gasteiger partial charge in [-0.2, -0.15) is 0 Å². The van der Waals surface area contributed by atoms with Crippen LogP contribution in [0.15, 0.2) is 74.1 Å². The van der Waals surface area contributed by atoms with Crippen molar-refractivity contribution in [3.63, 3.8) is 0 Å². The SMILES string of the molecule is C=CC=C1CCCC(/C=C/I)=C1Sc1ccc(C(=O)O)cc1. The van der Waals surface area contributed by atoms with E-state index in [2.05, 4.69) is 41.3 Å². The lowest BCUT2D eigenvalue weighted by atomic mass is 9.94. The molecule has 0 saturated heterocycles. The van der Waals surface area contributed by atoms with Gasteiger partial charge in [0.05, 0.1) is 5.56 Å². The highest BCUT2D eigenvalue weighted by atomic mass is 127. The van der Waals surface area contributed by atoms with E-state index in [1.165, 1.54) is 16.1 Å². The van der Waals surface area contributed by atoms with Crippen LogP contribution in [0.4, 0.5) is 0 Å². The lowest BCUT2D eigenvalue weighted by molar-refractivity contribution is 0.0697. The quantitative estimate of drug-likeness (QED) is 0.592. The molecule has 1 aliphatic rings. The smallest absolute Gasteiger partial charge is 0.335 e. The Hall–Kier alpha value is -1.27. The number of thioether (sulfide) groups is 1. The van der Waals surface area contributed by atoms with E-state index < -0.39 is 5.97 Å². The molecule has 114 valence electrons. The fourth-order valence-corrected chi connectivity index (χ4v) is 3.90. The van der Waals surface area contributed by atoms with Gasteiger partial charge in [-0.05, 0) is 58.8 Å². The summed E-state index contributed by atoms with van der Waals surface area (Å²) in [6, 6.07) is 7.04. The van der Waals surface area contributed by atoms with Crippen LogP contribution in [0.2, 0.25) is 0 Å². The summed E-state index contributed by atoms with van der Waals surface area (Å²) in [5.74, 6) is -0.894. The number of hydrogen-bond donors (Lipinski definition) is 1. The van der Waals surface area contributed by atoms with E-state index in [9.17, 15) is 4.79 Å². The van der Waals surface area contributed by atoms with Crippen LogP contribution in [-0.2, 0) is 0 Å². The largest absolute Gasteiger partial charge is 0.478 e. The van der Waals surface area contributed by atoms with E-state index in [0.29, 0.717) is 5.56 Å². The Morgan fingerprint density at radius 1 is 1.27 bits per heavy atom. The second kappa shape index (κ2) is 8.39. The Balaban J connectivity index is 2.34. The number of rotatable bonds is 5. The molecule has 0 amide bonds. The fraction of sp³-hybridized carbons (Fsp3) is 0.167. The average molecular weight is 424 g/mol. The molecule has 0 aliphatic heterocycles. The zero-order valence-electron chi connectivity index (χ0n) is 12.1. The maximum Gasteiger partial charge on any atom is 0.335 e. The Kier molecular flexibility index (Phi) is 6.51. The highest BCUT2D eigenvalue weighted by Gasteiger charge is 2.17. The second-order valence-electron chi connectivity index (χ2n) is 4.86. The van der Waals surface area contributed by atoms with Crippen molar-refractivity contribution >= 4 is 40.3 Å². The molecule has 0 saturated carbocycles. The zero-order valence-corrected chi connectivity index (χ0v) is 15.1. The van der Waals surface area contributed by atoms with Crippen LogP contribution >= 0.6 is 34.4 Å². The number of benzene rings is 1. The molecule has 0 heterocycles.